The van der Waals surface area contributed by atoms with Crippen molar-refractivity contribution in [3.63, 3.8) is 0 Å². The van der Waals surface area contributed by atoms with Crippen LogP contribution in [0.15, 0.2) is 18.2 Å². The summed E-state index contributed by atoms with van der Waals surface area (Å²) in [5.41, 5.74) is 4.44. The van der Waals surface area contributed by atoms with Gasteiger partial charge in [0.2, 0.25) is 0 Å². The van der Waals surface area contributed by atoms with Crippen LogP contribution >= 0.6 is 15.9 Å². The minimum atomic E-state index is 0.718. The standard InChI is InChI=1S/C16H23Br/c1-12-8-9-13(2)15(10-12)16(11-17)14-6-4-3-5-7-14/h8-10,14,16H,3-7,11H2,1-2H3. The van der Waals surface area contributed by atoms with Gasteiger partial charge in [0.05, 0.1) is 0 Å². The van der Waals surface area contributed by atoms with Crippen LogP contribution in [0.3, 0.4) is 0 Å². The van der Waals surface area contributed by atoms with Crippen LogP contribution in [0.5, 0.6) is 0 Å². The SMILES string of the molecule is Cc1ccc(C)c(C(CBr)C2CCCCC2)c1. The number of alkyl halides is 1. The Morgan fingerprint density at radius 1 is 1.18 bits per heavy atom. The number of halogens is 1. The summed E-state index contributed by atoms with van der Waals surface area (Å²) in [5, 5.41) is 1.11. The molecule has 0 aliphatic heterocycles. The summed E-state index contributed by atoms with van der Waals surface area (Å²) in [6.45, 7) is 4.46. The highest BCUT2D eigenvalue weighted by Gasteiger charge is 2.25. The highest BCUT2D eigenvalue weighted by molar-refractivity contribution is 9.09. The first kappa shape index (κ1) is 13.1. The second-order valence-electron chi connectivity index (χ2n) is 5.52. The van der Waals surface area contributed by atoms with Gasteiger partial charge in [-0.2, -0.15) is 0 Å². The molecular weight excluding hydrogens is 272 g/mol. The lowest BCUT2D eigenvalue weighted by Crippen LogP contribution is -2.18. The molecule has 1 atom stereocenters. The monoisotopic (exact) mass is 294 g/mol. The van der Waals surface area contributed by atoms with Gasteiger partial charge in [-0.15, -0.1) is 0 Å². The molecule has 1 aliphatic carbocycles. The number of hydrogen-bond acceptors (Lipinski definition) is 0. The summed E-state index contributed by atoms with van der Waals surface area (Å²) in [7, 11) is 0. The van der Waals surface area contributed by atoms with Crippen LogP contribution < -0.4 is 0 Å². The van der Waals surface area contributed by atoms with Gasteiger partial charge in [-0.3, -0.25) is 0 Å². The molecule has 0 N–H and O–H groups in total. The molecule has 1 fully saturated rings. The zero-order valence-electron chi connectivity index (χ0n) is 11.0. The van der Waals surface area contributed by atoms with Crippen molar-refractivity contribution in [1.29, 1.82) is 0 Å². The molecule has 94 valence electrons. The van der Waals surface area contributed by atoms with Gasteiger partial charge in [0.1, 0.15) is 0 Å². The molecule has 0 bridgehead atoms. The van der Waals surface area contributed by atoms with Gasteiger partial charge in [-0.25, -0.2) is 0 Å². The first-order valence-electron chi connectivity index (χ1n) is 6.85. The van der Waals surface area contributed by atoms with E-state index in [0.29, 0.717) is 0 Å². The minimum Gasteiger partial charge on any atom is -0.0921 e. The Bertz CT molecular complexity index is 364. The van der Waals surface area contributed by atoms with E-state index in [1.54, 1.807) is 5.56 Å². The number of hydrogen-bond donors (Lipinski definition) is 0. The average molecular weight is 295 g/mol. The average Bonchev–Trinajstić information content (AvgIpc) is 2.36. The van der Waals surface area contributed by atoms with E-state index >= 15 is 0 Å². The van der Waals surface area contributed by atoms with Gasteiger partial charge >= 0.3 is 0 Å². The molecule has 0 amide bonds. The highest BCUT2D eigenvalue weighted by atomic mass is 79.9. The number of aryl methyl sites for hydroxylation is 2. The van der Waals surface area contributed by atoms with Gasteiger partial charge in [0.15, 0.2) is 0 Å². The summed E-state index contributed by atoms with van der Waals surface area (Å²) in [4.78, 5) is 0. The Hall–Kier alpha value is -0.300. The number of rotatable bonds is 3. The van der Waals surface area contributed by atoms with Crippen LogP contribution in [-0.4, -0.2) is 5.33 Å². The molecule has 1 unspecified atom stereocenters. The molecule has 1 saturated carbocycles. The van der Waals surface area contributed by atoms with E-state index in [9.17, 15) is 0 Å². The molecule has 0 nitrogen and oxygen atoms in total. The Kier molecular flexibility index (Phi) is 4.67. The topological polar surface area (TPSA) is 0 Å². The molecule has 1 heteroatoms. The van der Waals surface area contributed by atoms with E-state index in [1.165, 1.54) is 43.2 Å². The third-order valence-electron chi connectivity index (χ3n) is 4.22. The maximum atomic E-state index is 3.75. The second kappa shape index (κ2) is 6.04. The van der Waals surface area contributed by atoms with E-state index in [0.717, 1.165) is 17.2 Å². The predicted octanol–water partition coefficient (Wildman–Crippen LogP) is 5.36. The van der Waals surface area contributed by atoms with Crippen LogP contribution in [0.1, 0.15) is 54.7 Å². The summed E-state index contributed by atoms with van der Waals surface area (Å²) in [6, 6.07) is 6.91. The van der Waals surface area contributed by atoms with Crippen molar-refractivity contribution in [2.45, 2.75) is 51.9 Å². The zero-order valence-corrected chi connectivity index (χ0v) is 12.6. The van der Waals surface area contributed by atoms with Gasteiger partial charge < -0.3 is 0 Å². The Balaban J connectivity index is 2.24. The first-order chi connectivity index (χ1) is 8.22. The molecule has 1 aromatic carbocycles. The summed E-state index contributed by atoms with van der Waals surface area (Å²) < 4.78 is 0. The van der Waals surface area contributed by atoms with Crippen molar-refractivity contribution in [2.24, 2.45) is 5.92 Å². The largest absolute Gasteiger partial charge is 0.0921 e. The van der Waals surface area contributed by atoms with Gasteiger partial charge in [0.25, 0.3) is 0 Å². The summed E-state index contributed by atoms with van der Waals surface area (Å²) in [6.07, 6.45) is 7.14. The molecule has 0 aromatic heterocycles. The van der Waals surface area contributed by atoms with Crippen LogP contribution in [0.4, 0.5) is 0 Å². The van der Waals surface area contributed by atoms with E-state index in [-0.39, 0.29) is 0 Å². The van der Waals surface area contributed by atoms with Crippen LogP contribution in [0.2, 0.25) is 0 Å². The lowest BCUT2D eigenvalue weighted by atomic mass is 9.76. The fourth-order valence-corrected chi connectivity index (χ4v) is 4.04. The quantitative estimate of drug-likeness (QED) is 0.658. The predicted molar refractivity (Wildman–Crippen MR) is 79.0 cm³/mol. The maximum Gasteiger partial charge on any atom is 0.0103 e. The van der Waals surface area contributed by atoms with Gasteiger partial charge in [0, 0.05) is 5.33 Å². The maximum absolute atomic E-state index is 3.75. The summed E-state index contributed by atoms with van der Waals surface area (Å²) in [5.74, 6) is 1.61. The van der Waals surface area contributed by atoms with Crippen molar-refractivity contribution in [3.8, 4) is 0 Å². The van der Waals surface area contributed by atoms with Crippen molar-refractivity contribution in [3.05, 3.63) is 34.9 Å². The molecule has 0 saturated heterocycles. The van der Waals surface area contributed by atoms with Crippen molar-refractivity contribution < 1.29 is 0 Å². The molecular formula is C16H23Br. The lowest BCUT2D eigenvalue weighted by molar-refractivity contribution is 0.319. The highest BCUT2D eigenvalue weighted by Crippen LogP contribution is 2.38. The van der Waals surface area contributed by atoms with E-state index in [1.807, 2.05) is 0 Å². The van der Waals surface area contributed by atoms with Crippen LogP contribution in [-0.2, 0) is 0 Å². The Labute approximate surface area is 114 Å². The molecule has 17 heavy (non-hydrogen) atoms. The Morgan fingerprint density at radius 2 is 1.88 bits per heavy atom. The zero-order chi connectivity index (χ0) is 12.3. The lowest BCUT2D eigenvalue weighted by Gasteiger charge is -2.30. The van der Waals surface area contributed by atoms with Gasteiger partial charge in [-0.1, -0.05) is 59.0 Å². The second-order valence-corrected chi connectivity index (χ2v) is 6.17. The normalized spacial score (nSPS) is 19.2. The molecule has 0 spiro atoms. The molecule has 1 aliphatic rings. The third kappa shape index (κ3) is 3.13. The van der Waals surface area contributed by atoms with E-state index < -0.39 is 0 Å². The minimum absolute atomic E-state index is 0.718. The van der Waals surface area contributed by atoms with E-state index in [2.05, 4.69) is 48.0 Å². The molecule has 0 heterocycles. The van der Waals surface area contributed by atoms with Crippen LogP contribution in [0.25, 0.3) is 0 Å². The molecule has 0 radical (unpaired) electrons. The van der Waals surface area contributed by atoms with E-state index in [4.69, 9.17) is 0 Å². The first-order valence-corrected chi connectivity index (χ1v) is 7.97. The fourth-order valence-electron chi connectivity index (χ4n) is 3.16. The fraction of sp³-hybridized carbons (Fsp3) is 0.625. The Morgan fingerprint density at radius 3 is 2.53 bits per heavy atom. The number of benzene rings is 1. The molecule has 1 aromatic rings. The van der Waals surface area contributed by atoms with Crippen LogP contribution in [0, 0.1) is 19.8 Å². The summed E-state index contributed by atoms with van der Waals surface area (Å²) >= 11 is 3.75. The van der Waals surface area contributed by atoms with Crippen molar-refractivity contribution in [2.75, 3.05) is 5.33 Å². The molecule has 2 rings (SSSR count). The van der Waals surface area contributed by atoms with Crippen molar-refractivity contribution in [1.82, 2.24) is 0 Å². The third-order valence-corrected chi connectivity index (χ3v) is 4.92. The smallest absolute Gasteiger partial charge is 0.0103 e. The van der Waals surface area contributed by atoms with Crippen molar-refractivity contribution >= 4 is 15.9 Å². The van der Waals surface area contributed by atoms with Gasteiger partial charge in [-0.05, 0) is 49.7 Å².